The second kappa shape index (κ2) is 7.86. The first kappa shape index (κ1) is 18.3. The molecule has 0 N–H and O–H groups in total. The first-order valence-electron chi connectivity index (χ1n) is 9.02. The minimum atomic E-state index is -0.322. The van der Waals surface area contributed by atoms with Crippen molar-refractivity contribution < 1.29 is 4.79 Å². The molecule has 0 unspecified atom stereocenters. The van der Waals surface area contributed by atoms with Gasteiger partial charge in [-0.2, -0.15) is 0 Å². The summed E-state index contributed by atoms with van der Waals surface area (Å²) in [5.74, 6) is 1.06. The first-order chi connectivity index (χ1) is 13.1. The van der Waals surface area contributed by atoms with Gasteiger partial charge in [0.15, 0.2) is 5.16 Å². The average molecular weight is 399 g/mol. The van der Waals surface area contributed by atoms with E-state index in [2.05, 4.69) is 32.3 Å². The van der Waals surface area contributed by atoms with Crippen LogP contribution in [0.1, 0.15) is 40.4 Å². The number of benzene rings is 1. The second-order valence-corrected chi connectivity index (χ2v) is 9.00. The number of hydrogen-bond donors (Lipinski definition) is 0. The Balaban J connectivity index is 1.65. The van der Waals surface area contributed by atoms with E-state index in [-0.39, 0.29) is 11.2 Å². The van der Waals surface area contributed by atoms with E-state index in [1.54, 1.807) is 30.3 Å². The monoisotopic (exact) mass is 398 g/mol. The number of likely N-dealkylation sites (N-methyl/N-ethyl adjacent to an activating group) is 1. The molecule has 0 saturated heterocycles. The first-order valence-corrected chi connectivity index (χ1v) is 10.8. The third-order valence-electron chi connectivity index (χ3n) is 4.55. The van der Waals surface area contributed by atoms with Crippen LogP contribution < -0.4 is 0 Å². The van der Waals surface area contributed by atoms with Crippen LogP contribution in [0.2, 0.25) is 0 Å². The molecule has 7 heteroatoms. The minimum Gasteiger partial charge on any atom is -0.348 e. The zero-order valence-corrected chi connectivity index (χ0v) is 17.0. The van der Waals surface area contributed by atoms with E-state index in [1.165, 1.54) is 16.6 Å². The highest BCUT2D eigenvalue weighted by Gasteiger charge is 2.33. The van der Waals surface area contributed by atoms with Crippen LogP contribution in [-0.4, -0.2) is 39.7 Å². The molecule has 1 aromatic carbocycles. The number of carbonyl (C=O) groups excluding carboxylic acids is 1. The smallest absolute Gasteiger partial charge is 0.240 e. The van der Waals surface area contributed by atoms with Crippen molar-refractivity contribution >= 4 is 29.0 Å². The number of thiophene rings is 1. The van der Waals surface area contributed by atoms with Gasteiger partial charge in [0, 0.05) is 31.4 Å². The fraction of sp³-hybridized carbons (Fsp3) is 0.350. The number of thioether (sulfide) groups is 1. The van der Waals surface area contributed by atoms with Gasteiger partial charge in [-0.3, -0.25) is 4.79 Å². The number of aromatic nitrogens is 3. The normalized spacial score (nSPS) is 14.9. The fourth-order valence-electron chi connectivity index (χ4n) is 3.01. The number of amides is 1. The van der Waals surface area contributed by atoms with Gasteiger partial charge in [0.2, 0.25) is 5.91 Å². The summed E-state index contributed by atoms with van der Waals surface area (Å²) < 4.78 is 2.25. The Hall–Kier alpha value is -2.12. The second-order valence-electron chi connectivity index (χ2n) is 6.90. The number of carbonyl (C=O) groups is 1. The maximum Gasteiger partial charge on any atom is 0.240 e. The molecule has 3 aromatic rings. The summed E-state index contributed by atoms with van der Waals surface area (Å²) in [5.41, 5.74) is 0.992. The lowest BCUT2D eigenvalue weighted by molar-refractivity contribution is -0.128. The van der Waals surface area contributed by atoms with E-state index in [4.69, 9.17) is 0 Å². The summed E-state index contributed by atoms with van der Waals surface area (Å²) in [6.45, 7) is 0. The van der Waals surface area contributed by atoms with E-state index in [0.717, 1.165) is 35.8 Å². The Morgan fingerprint density at radius 3 is 2.63 bits per heavy atom. The van der Waals surface area contributed by atoms with Gasteiger partial charge in [-0.1, -0.05) is 48.2 Å². The van der Waals surface area contributed by atoms with Crippen molar-refractivity contribution in [3.63, 3.8) is 0 Å². The van der Waals surface area contributed by atoms with Crippen molar-refractivity contribution in [3.8, 4) is 0 Å². The largest absolute Gasteiger partial charge is 0.348 e. The Bertz CT molecular complexity index is 901. The van der Waals surface area contributed by atoms with Crippen LogP contribution in [0.3, 0.4) is 0 Å². The fourth-order valence-corrected chi connectivity index (χ4v) is 4.98. The van der Waals surface area contributed by atoms with Gasteiger partial charge < -0.3 is 9.47 Å². The third kappa shape index (κ3) is 4.09. The standard InChI is InChI=1S/C20H22N4OS2/c1-23(2)19(25)18(14-7-4-3-5-8-14)27-20-22-21-17(24(20)15-10-11-15)13-16-9-6-12-26-16/h3-9,12,15,18H,10-11,13H2,1-2H3/t18-/m1/s1. The zero-order valence-electron chi connectivity index (χ0n) is 15.4. The summed E-state index contributed by atoms with van der Waals surface area (Å²) in [4.78, 5) is 15.8. The molecular formula is C20H22N4OS2. The van der Waals surface area contributed by atoms with E-state index in [0.29, 0.717) is 6.04 Å². The van der Waals surface area contributed by atoms with Gasteiger partial charge in [-0.05, 0) is 29.9 Å². The van der Waals surface area contributed by atoms with Crippen LogP contribution >= 0.6 is 23.1 Å². The molecule has 0 spiro atoms. The molecule has 0 bridgehead atoms. The van der Waals surface area contributed by atoms with Crippen molar-refractivity contribution in [2.45, 2.75) is 35.7 Å². The highest BCUT2D eigenvalue weighted by molar-refractivity contribution is 8.00. The van der Waals surface area contributed by atoms with Crippen LogP contribution in [0.4, 0.5) is 0 Å². The minimum absolute atomic E-state index is 0.0661. The van der Waals surface area contributed by atoms with Crippen molar-refractivity contribution in [3.05, 3.63) is 64.1 Å². The molecule has 4 rings (SSSR count). The van der Waals surface area contributed by atoms with E-state index < -0.39 is 0 Å². The molecule has 27 heavy (non-hydrogen) atoms. The highest BCUT2D eigenvalue weighted by atomic mass is 32.2. The predicted octanol–water partition coefficient (Wildman–Crippen LogP) is 4.19. The van der Waals surface area contributed by atoms with Crippen LogP contribution in [-0.2, 0) is 11.2 Å². The molecule has 1 aliphatic rings. The topological polar surface area (TPSA) is 51.0 Å². The number of rotatable bonds is 7. The van der Waals surface area contributed by atoms with Gasteiger partial charge in [-0.25, -0.2) is 0 Å². The molecule has 2 heterocycles. The molecule has 2 aromatic heterocycles. The maximum absolute atomic E-state index is 12.9. The molecule has 1 atom stereocenters. The zero-order chi connectivity index (χ0) is 18.8. The van der Waals surface area contributed by atoms with Gasteiger partial charge in [-0.15, -0.1) is 21.5 Å². The van der Waals surface area contributed by atoms with Crippen molar-refractivity contribution in [2.75, 3.05) is 14.1 Å². The highest BCUT2D eigenvalue weighted by Crippen LogP contribution is 2.43. The summed E-state index contributed by atoms with van der Waals surface area (Å²) in [6, 6.07) is 14.6. The Labute approximate surface area is 167 Å². The van der Waals surface area contributed by atoms with Crippen LogP contribution in [0.5, 0.6) is 0 Å². The molecule has 1 saturated carbocycles. The van der Waals surface area contributed by atoms with E-state index in [9.17, 15) is 4.79 Å². The Morgan fingerprint density at radius 2 is 2.00 bits per heavy atom. The van der Waals surface area contributed by atoms with E-state index in [1.807, 2.05) is 30.3 Å². The Kier molecular flexibility index (Phi) is 5.31. The molecule has 140 valence electrons. The summed E-state index contributed by atoms with van der Waals surface area (Å²) >= 11 is 3.25. The van der Waals surface area contributed by atoms with E-state index >= 15 is 0 Å². The van der Waals surface area contributed by atoms with Crippen molar-refractivity contribution in [2.24, 2.45) is 0 Å². The van der Waals surface area contributed by atoms with Crippen LogP contribution in [0, 0.1) is 0 Å². The third-order valence-corrected chi connectivity index (χ3v) is 6.63. The lowest BCUT2D eigenvalue weighted by Crippen LogP contribution is -2.27. The molecule has 5 nitrogen and oxygen atoms in total. The summed E-state index contributed by atoms with van der Waals surface area (Å²) in [5, 5.41) is 11.6. The van der Waals surface area contributed by atoms with Gasteiger partial charge in [0.05, 0.1) is 0 Å². The number of hydrogen-bond acceptors (Lipinski definition) is 5. The predicted molar refractivity (Wildman–Crippen MR) is 109 cm³/mol. The lowest BCUT2D eigenvalue weighted by atomic mass is 10.1. The average Bonchev–Trinajstić information content (AvgIpc) is 3.23. The molecule has 0 aliphatic heterocycles. The Morgan fingerprint density at radius 1 is 1.22 bits per heavy atom. The summed E-state index contributed by atoms with van der Waals surface area (Å²) in [7, 11) is 3.60. The molecule has 1 fully saturated rings. The molecular weight excluding hydrogens is 376 g/mol. The van der Waals surface area contributed by atoms with Crippen molar-refractivity contribution in [1.82, 2.24) is 19.7 Å². The lowest BCUT2D eigenvalue weighted by Gasteiger charge is -2.20. The molecule has 0 radical (unpaired) electrons. The molecule has 1 amide bonds. The number of nitrogens with zero attached hydrogens (tertiary/aromatic N) is 4. The van der Waals surface area contributed by atoms with Crippen LogP contribution in [0.25, 0.3) is 0 Å². The molecule has 1 aliphatic carbocycles. The maximum atomic E-state index is 12.9. The van der Waals surface area contributed by atoms with Gasteiger partial charge in [0.1, 0.15) is 11.1 Å². The van der Waals surface area contributed by atoms with Gasteiger partial charge in [0.25, 0.3) is 0 Å². The quantitative estimate of drug-likeness (QED) is 0.560. The summed E-state index contributed by atoms with van der Waals surface area (Å²) in [6.07, 6.45) is 3.10. The van der Waals surface area contributed by atoms with Gasteiger partial charge >= 0.3 is 0 Å². The van der Waals surface area contributed by atoms with Crippen LogP contribution in [0.15, 0.2) is 53.0 Å². The van der Waals surface area contributed by atoms with Crippen molar-refractivity contribution in [1.29, 1.82) is 0 Å². The SMILES string of the molecule is CN(C)C(=O)[C@H](Sc1nnc(Cc2cccs2)n1C1CC1)c1ccccc1.